The molecule has 0 aliphatic carbocycles. The first-order valence-corrected chi connectivity index (χ1v) is 12.5. The Morgan fingerprint density at radius 1 is 0.897 bits per heavy atom. The summed E-state index contributed by atoms with van der Waals surface area (Å²) in [5.74, 6) is -0.468. The highest BCUT2D eigenvalue weighted by Gasteiger charge is 2.46. The van der Waals surface area contributed by atoms with Crippen molar-refractivity contribution in [3.8, 4) is 11.5 Å². The van der Waals surface area contributed by atoms with Crippen LogP contribution >= 0.6 is 0 Å². The summed E-state index contributed by atoms with van der Waals surface area (Å²) in [5.41, 5.74) is 4.11. The maximum atomic E-state index is 13.3. The first-order chi connectivity index (χ1) is 18.9. The summed E-state index contributed by atoms with van der Waals surface area (Å²) in [5, 5.41) is 11.4. The molecule has 1 fully saturated rings. The van der Waals surface area contributed by atoms with Gasteiger partial charge in [0.1, 0.15) is 23.9 Å². The number of carbonyl (C=O) groups is 2. The molecule has 7 nitrogen and oxygen atoms in total. The zero-order valence-electron chi connectivity index (χ0n) is 21.7. The number of carbonyl (C=O) groups excluding carboxylic acids is 2. The van der Waals surface area contributed by atoms with Crippen LogP contribution in [0.1, 0.15) is 33.9 Å². The molecule has 1 N–H and O–H groups in total. The van der Waals surface area contributed by atoms with Crippen molar-refractivity contribution in [3.05, 3.63) is 131 Å². The largest absolute Gasteiger partial charge is 0.507 e. The van der Waals surface area contributed by atoms with E-state index >= 15 is 0 Å². The van der Waals surface area contributed by atoms with Crippen molar-refractivity contribution in [2.75, 3.05) is 7.11 Å². The van der Waals surface area contributed by atoms with E-state index in [2.05, 4.69) is 11.1 Å². The van der Waals surface area contributed by atoms with Crippen molar-refractivity contribution in [2.45, 2.75) is 26.1 Å². The van der Waals surface area contributed by atoms with Crippen molar-refractivity contribution in [3.63, 3.8) is 0 Å². The average molecular weight is 521 g/mol. The highest BCUT2D eigenvalue weighted by molar-refractivity contribution is 6.46. The third kappa shape index (κ3) is 5.52. The molecule has 1 atom stereocenters. The number of amides is 1. The van der Waals surface area contributed by atoms with Gasteiger partial charge >= 0.3 is 0 Å². The first kappa shape index (κ1) is 25.7. The molecule has 7 heteroatoms. The number of likely N-dealkylation sites (tertiary alicyclic amines) is 1. The number of Topliss-reactive ketones (excluding diaryl/α,β-unsaturated/α-hetero) is 1. The zero-order valence-corrected chi connectivity index (χ0v) is 21.7. The molecule has 0 unspecified atom stereocenters. The fourth-order valence-electron chi connectivity index (χ4n) is 4.72. The molecule has 1 aliphatic rings. The van der Waals surface area contributed by atoms with Gasteiger partial charge in [0.25, 0.3) is 11.7 Å². The normalized spacial score (nSPS) is 16.4. The summed E-state index contributed by atoms with van der Waals surface area (Å²) in [4.78, 5) is 32.1. The molecular weight excluding hydrogens is 492 g/mol. The summed E-state index contributed by atoms with van der Waals surface area (Å²) in [6, 6.07) is 24.8. The van der Waals surface area contributed by atoms with Crippen LogP contribution in [0.5, 0.6) is 11.5 Å². The molecule has 2 heterocycles. The maximum absolute atomic E-state index is 13.3. The fraction of sp³-hybridized carbons (Fsp3) is 0.156. The minimum atomic E-state index is -0.800. The predicted molar refractivity (Wildman–Crippen MR) is 147 cm³/mol. The second-order valence-electron chi connectivity index (χ2n) is 9.36. The van der Waals surface area contributed by atoms with Crippen LogP contribution in [0.2, 0.25) is 0 Å². The molecular formula is C32H28N2O5. The molecule has 0 bridgehead atoms. The molecule has 4 aromatic rings. The van der Waals surface area contributed by atoms with Gasteiger partial charge in [-0.1, -0.05) is 42.0 Å². The SMILES string of the molecule is COc1cccc([C@@H]2C(=C(O)c3ccc(OCc4cccc(C)c4)cc3)C(=O)C(=O)N2Cc2ccncc2)c1. The van der Waals surface area contributed by atoms with Gasteiger partial charge in [-0.15, -0.1) is 0 Å². The lowest BCUT2D eigenvalue weighted by Gasteiger charge is -2.25. The standard InChI is InChI=1S/C32H28N2O5/c1-21-5-3-6-23(17-21)20-39-26-11-9-24(10-12-26)30(35)28-29(25-7-4-8-27(18-25)38-2)34(32(37)31(28)36)19-22-13-15-33-16-14-22/h3-18,29,35H,19-20H2,1-2H3/t29-/m1/s1. The molecule has 0 radical (unpaired) electrons. The molecule has 39 heavy (non-hydrogen) atoms. The molecule has 1 saturated heterocycles. The van der Waals surface area contributed by atoms with E-state index in [1.807, 2.05) is 31.2 Å². The van der Waals surface area contributed by atoms with Gasteiger partial charge in [-0.3, -0.25) is 14.6 Å². The minimum absolute atomic E-state index is 0.0238. The lowest BCUT2D eigenvalue weighted by molar-refractivity contribution is -0.140. The van der Waals surface area contributed by atoms with E-state index in [0.29, 0.717) is 29.2 Å². The summed E-state index contributed by atoms with van der Waals surface area (Å²) in [7, 11) is 1.55. The van der Waals surface area contributed by atoms with Crippen molar-refractivity contribution >= 4 is 17.4 Å². The number of ether oxygens (including phenoxy) is 2. The molecule has 1 aliphatic heterocycles. The minimum Gasteiger partial charge on any atom is -0.507 e. The third-order valence-electron chi connectivity index (χ3n) is 6.67. The van der Waals surface area contributed by atoms with Gasteiger partial charge < -0.3 is 19.5 Å². The summed E-state index contributed by atoms with van der Waals surface area (Å²) < 4.78 is 11.3. The third-order valence-corrected chi connectivity index (χ3v) is 6.67. The number of aliphatic hydroxyl groups excluding tert-OH is 1. The van der Waals surface area contributed by atoms with Crippen LogP contribution in [0, 0.1) is 6.92 Å². The molecule has 3 aromatic carbocycles. The fourth-order valence-corrected chi connectivity index (χ4v) is 4.72. The smallest absolute Gasteiger partial charge is 0.295 e. The highest BCUT2D eigenvalue weighted by Crippen LogP contribution is 2.41. The van der Waals surface area contributed by atoms with Gasteiger partial charge in [-0.25, -0.2) is 0 Å². The number of methoxy groups -OCH3 is 1. The molecule has 1 aromatic heterocycles. The van der Waals surface area contributed by atoms with Crippen LogP contribution in [0.25, 0.3) is 5.76 Å². The summed E-state index contributed by atoms with van der Waals surface area (Å²) >= 11 is 0. The number of pyridine rings is 1. The van der Waals surface area contributed by atoms with Gasteiger partial charge in [0.2, 0.25) is 0 Å². The van der Waals surface area contributed by atoms with E-state index in [-0.39, 0.29) is 17.9 Å². The van der Waals surface area contributed by atoms with Crippen molar-refractivity contribution in [1.82, 2.24) is 9.88 Å². The number of nitrogens with zero attached hydrogens (tertiary/aromatic N) is 2. The number of aliphatic hydroxyl groups is 1. The second kappa shape index (κ2) is 11.2. The number of hydrogen-bond donors (Lipinski definition) is 1. The van der Waals surface area contributed by atoms with Gasteiger partial charge in [-0.05, 0) is 72.1 Å². The number of aromatic nitrogens is 1. The van der Waals surface area contributed by atoms with Crippen LogP contribution in [-0.4, -0.2) is 33.8 Å². The van der Waals surface area contributed by atoms with Gasteiger partial charge in [0.05, 0.1) is 18.7 Å². The summed E-state index contributed by atoms with van der Waals surface area (Å²) in [6.45, 7) is 2.61. The average Bonchev–Trinajstić information content (AvgIpc) is 3.21. The van der Waals surface area contributed by atoms with E-state index in [9.17, 15) is 14.7 Å². The van der Waals surface area contributed by atoms with E-state index in [1.165, 1.54) is 4.90 Å². The van der Waals surface area contributed by atoms with E-state index in [4.69, 9.17) is 9.47 Å². The Morgan fingerprint density at radius 2 is 1.64 bits per heavy atom. The number of rotatable bonds is 8. The Labute approximate surface area is 227 Å². The highest BCUT2D eigenvalue weighted by atomic mass is 16.5. The Hall–Kier alpha value is -4.91. The van der Waals surface area contributed by atoms with Gasteiger partial charge in [0.15, 0.2) is 0 Å². The van der Waals surface area contributed by atoms with Gasteiger partial charge in [0, 0.05) is 24.5 Å². The first-order valence-electron chi connectivity index (χ1n) is 12.5. The Kier molecular flexibility index (Phi) is 7.41. The molecule has 1 amide bonds. The molecule has 5 rings (SSSR count). The van der Waals surface area contributed by atoms with Crippen LogP contribution in [-0.2, 0) is 22.7 Å². The predicted octanol–water partition coefficient (Wildman–Crippen LogP) is 5.60. The number of aryl methyl sites for hydroxylation is 1. The Bertz CT molecular complexity index is 1530. The lowest BCUT2D eigenvalue weighted by atomic mass is 9.95. The van der Waals surface area contributed by atoms with Crippen molar-refractivity contribution in [2.24, 2.45) is 0 Å². The monoisotopic (exact) mass is 520 g/mol. The van der Waals surface area contributed by atoms with Crippen LogP contribution in [0.3, 0.4) is 0 Å². The lowest BCUT2D eigenvalue weighted by Crippen LogP contribution is -2.29. The quantitative estimate of drug-likeness (QED) is 0.185. The Balaban J connectivity index is 1.48. The maximum Gasteiger partial charge on any atom is 0.295 e. The van der Waals surface area contributed by atoms with Crippen LogP contribution in [0.4, 0.5) is 0 Å². The van der Waals surface area contributed by atoms with Crippen molar-refractivity contribution < 1.29 is 24.2 Å². The number of benzene rings is 3. The number of ketones is 1. The van der Waals surface area contributed by atoms with Crippen molar-refractivity contribution in [1.29, 1.82) is 0 Å². The van der Waals surface area contributed by atoms with E-state index in [1.54, 1.807) is 74.1 Å². The van der Waals surface area contributed by atoms with Crippen LogP contribution < -0.4 is 9.47 Å². The zero-order chi connectivity index (χ0) is 27.4. The summed E-state index contributed by atoms with van der Waals surface area (Å²) in [6.07, 6.45) is 3.27. The second-order valence-corrected chi connectivity index (χ2v) is 9.36. The molecule has 196 valence electrons. The number of hydrogen-bond acceptors (Lipinski definition) is 6. The van der Waals surface area contributed by atoms with E-state index < -0.39 is 17.7 Å². The Morgan fingerprint density at radius 3 is 2.36 bits per heavy atom. The molecule has 0 spiro atoms. The van der Waals surface area contributed by atoms with Crippen LogP contribution in [0.15, 0.2) is 103 Å². The van der Waals surface area contributed by atoms with E-state index in [0.717, 1.165) is 16.7 Å². The molecule has 0 saturated carbocycles. The van der Waals surface area contributed by atoms with Gasteiger partial charge in [-0.2, -0.15) is 0 Å². The topological polar surface area (TPSA) is 89.0 Å².